The Balaban J connectivity index is 2.32. The van der Waals surface area contributed by atoms with Crippen LogP contribution in [0.5, 0.6) is 0 Å². The summed E-state index contributed by atoms with van der Waals surface area (Å²) in [5, 5.41) is 0. The second kappa shape index (κ2) is 5.26. The average molecular weight is 296 g/mol. The van der Waals surface area contributed by atoms with Crippen LogP contribution < -0.4 is 5.73 Å². The van der Waals surface area contributed by atoms with Crippen LogP contribution in [0, 0.1) is 6.92 Å². The SMILES string of the molecule is Cc1ccn2c(C(C)C(N)=S)c(-c3ccncc3)nc2c1. The molecule has 3 rings (SSSR count). The van der Waals surface area contributed by atoms with E-state index in [1.165, 1.54) is 5.56 Å². The van der Waals surface area contributed by atoms with Gasteiger partial charge in [-0.3, -0.25) is 4.98 Å². The van der Waals surface area contributed by atoms with Crippen molar-refractivity contribution in [2.24, 2.45) is 5.73 Å². The first-order valence-corrected chi connectivity index (χ1v) is 7.17. The molecule has 0 fully saturated rings. The summed E-state index contributed by atoms with van der Waals surface area (Å²) in [6, 6.07) is 8.01. The number of imidazole rings is 1. The highest BCUT2D eigenvalue weighted by Gasteiger charge is 2.21. The highest BCUT2D eigenvalue weighted by molar-refractivity contribution is 7.80. The minimum atomic E-state index is -0.0547. The van der Waals surface area contributed by atoms with E-state index in [0.29, 0.717) is 4.99 Å². The van der Waals surface area contributed by atoms with E-state index < -0.39 is 0 Å². The third kappa shape index (κ3) is 2.40. The molecule has 106 valence electrons. The third-order valence-electron chi connectivity index (χ3n) is 3.61. The summed E-state index contributed by atoms with van der Waals surface area (Å²) in [5.74, 6) is -0.0547. The molecule has 1 unspecified atom stereocenters. The van der Waals surface area contributed by atoms with Crippen molar-refractivity contribution in [1.82, 2.24) is 14.4 Å². The Morgan fingerprint density at radius 2 is 2.00 bits per heavy atom. The van der Waals surface area contributed by atoms with Crippen molar-refractivity contribution < 1.29 is 0 Å². The fourth-order valence-corrected chi connectivity index (χ4v) is 2.55. The van der Waals surface area contributed by atoms with Gasteiger partial charge in [0.15, 0.2) is 0 Å². The van der Waals surface area contributed by atoms with E-state index >= 15 is 0 Å². The summed E-state index contributed by atoms with van der Waals surface area (Å²) in [5.41, 5.74) is 10.9. The number of hydrogen-bond acceptors (Lipinski definition) is 3. The smallest absolute Gasteiger partial charge is 0.137 e. The van der Waals surface area contributed by atoms with Crippen molar-refractivity contribution in [2.75, 3.05) is 0 Å². The summed E-state index contributed by atoms with van der Waals surface area (Å²) in [6.07, 6.45) is 5.55. The summed E-state index contributed by atoms with van der Waals surface area (Å²) < 4.78 is 2.06. The molecule has 3 aromatic heterocycles. The summed E-state index contributed by atoms with van der Waals surface area (Å²) in [7, 11) is 0. The van der Waals surface area contributed by atoms with Crippen LogP contribution in [0.2, 0.25) is 0 Å². The van der Waals surface area contributed by atoms with Gasteiger partial charge in [-0.2, -0.15) is 0 Å². The maximum atomic E-state index is 5.87. The van der Waals surface area contributed by atoms with E-state index in [1.54, 1.807) is 12.4 Å². The van der Waals surface area contributed by atoms with Crippen molar-refractivity contribution in [1.29, 1.82) is 0 Å². The molecule has 0 aliphatic rings. The molecule has 0 saturated carbocycles. The number of hydrogen-bond donors (Lipinski definition) is 1. The number of rotatable bonds is 3. The highest BCUT2D eigenvalue weighted by atomic mass is 32.1. The number of pyridine rings is 2. The van der Waals surface area contributed by atoms with Gasteiger partial charge in [-0.1, -0.05) is 19.1 Å². The Labute approximate surface area is 128 Å². The minimum Gasteiger partial charge on any atom is -0.393 e. The lowest BCUT2D eigenvalue weighted by Crippen LogP contribution is -2.18. The Kier molecular flexibility index (Phi) is 3.43. The van der Waals surface area contributed by atoms with Crippen LogP contribution in [0.4, 0.5) is 0 Å². The van der Waals surface area contributed by atoms with Crippen LogP contribution in [0.25, 0.3) is 16.9 Å². The molecule has 5 heteroatoms. The number of fused-ring (bicyclic) bond motifs is 1. The first-order chi connectivity index (χ1) is 10.1. The van der Waals surface area contributed by atoms with Gasteiger partial charge in [0.1, 0.15) is 5.65 Å². The Morgan fingerprint density at radius 3 is 2.67 bits per heavy atom. The molecular formula is C16H16N4S. The fourth-order valence-electron chi connectivity index (χ4n) is 2.44. The van der Waals surface area contributed by atoms with E-state index in [-0.39, 0.29) is 5.92 Å². The van der Waals surface area contributed by atoms with Crippen molar-refractivity contribution >= 4 is 22.9 Å². The highest BCUT2D eigenvalue weighted by Crippen LogP contribution is 2.30. The number of aromatic nitrogens is 3. The molecule has 0 amide bonds. The molecule has 2 N–H and O–H groups in total. The lowest BCUT2D eigenvalue weighted by molar-refractivity contribution is 0.929. The van der Waals surface area contributed by atoms with E-state index in [1.807, 2.05) is 25.3 Å². The molecule has 0 aromatic carbocycles. The second-order valence-electron chi connectivity index (χ2n) is 5.14. The summed E-state index contributed by atoms with van der Waals surface area (Å²) in [6.45, 7) is 4.06. The maximum absolute atomic E-state index is 5.87. The zero-order chi connectivity index (χ0) is 15.0. The van der Waals surface area contributed by atoms with Crippen molar-refractivity contribution in [3.63, 3.8) is 0 Å². The molecule has 3 aromatic rings. The second-order valence-corrected chi connectivity index (χ2v) is 5.61. The zero-order valence-electron chi connectivity index (χ0n) is 11.9. The molecule has 0 bridgehead atoms. The molecular weight excluding hydrogens is 280 g/mol. The first-order valence-electron chi connectivity index (χ1n) is 6.76. The average Bonchev–Trinajstić information content (AvgIpc) is 2.85. The quantitative estimate of drug-likeness (QED) is 0.755. The van der Waals surface area contributed by atoms with E-state index in [9.17, 15) is 0 Å². The Morgan fingerprint density at radius 1 is 1.29 bits per heavy atom. The fraction of sp³-hybridized carbons (Fsp3) is 0.188. The third-order valence-corrected chi connectivity index (χ3v) is 3.96. The number of nitrogens with two attached hydrogens (primary N) is 1. The van der Waals surface area contributed by atoms with Crippen molar-refractivity contribution in [3.05, 3.63) is 54.1 Å². The van der Waals surface area contributed by atoms with E-state index in [2.05, 4.69) is 28.4 Å². The molecule has 0 spiro atoms. The largest absolute Gasteiger partial charge is 0.393 e. The van der Waals surface area contributed by atoms with E-state index in [0.717, 1.165) is 22.6 Å². The standard InChI is InChI=1S/C16H16N4S/c1-10-5-8-20-13(9-10)19-14(12-3-6-18-7-4-12)15(20)11(2)16(17)21/h3-9,11H,1-2H3,(H2,17,21). The van der Waals surface area contributed by atoms with Crippen molar-refractivity contribution in [2.45, 2.75) is 19.8 Å². The summed E-state index contributed by atoms with van der Waals surface area (Å²) in [4.78, 5) is 9.30. The number of aryl methyl sites for hydroxylation is 1. The lowest BCUT2D eigenvalue weighted by Gasteiger charge is -2.12. The van der Waals surface area contributed by atoms with Gasteiger partial charge in [-0.15, -0.1) is 0 Å². The topological polar surface area (TPSA) is 56.2 Å². The minimum absolute atomic E-state index is 0.0547. The molecule has 0 aliphatic heterocycles. The van der Waals surface area contributed by atoms with Gasteiger partial charge in [0.2, 0.25) is 0 Å². The van der Waals surface area contributed by atoms with Crippen LogP contribution in [-0.4, -0.2) is 19.4 Å². The van der Waals surface area contributed by atoms with Gasteiger partial charge >= 0.3 is 0 Å². The molecule has 4 nitrogen and oxygen atoms in total. The van der Waals surface area contributed by atoms with Gasteiger partial charge in [0.25, 0.3) is 0 Å². The molecule has 1 atom stereocenters. The van der Waals surface area contributed by atoms with E-state index in [4.69, 9.17) is 22.9 Å². The molecule has 21 heavy (non-hydrogen) atoms. The van der Waals surface area contributed by atoms with Crippen LogP contribution in [0.1, 0.15) is 24.1 Å². The van der Waals surface area contributed by atoms with Gasteiger partial charge in [-0.25, -0.2) is 4.98 Å². The van der Waals surface area contributed by atoms with Crippen LogP contribution in [0.3, 0.4) is 0 Å². The summed E-state index contributed by atoms with van der Waals surface area (Å²) >= 11 is 5.19. The van der Waals surface area contributed by atoms with Gasteiger partial charge in [-0.05, 0) is 36.8 Å². The predicted octanol–water partition coefficient (Wildman–Crippen LogP) is 3.09. The number of nitrogens with zero attached hydrogens (tertiary/aromatic N) is 3. The van der Waals surface area contributed by atoms with Crippen LogP contribution >= 0.6 is 12.2 Å². The van der Waals surface area contributed by atoms with Crippen LogP contribution in [-0.2, 0) is 0 Å². The lowest BCUT2D eigenvalue weighted by atomic mass is 10.0. The number of thiocarbonyl (C=S) groups is 1. The predicted molar refractivity (Wildman–Crippen MR) is 88.4 cm³/mol. The normalized spacial score (nSPS) is 12.5. The van der Waals surface area contributed by atoms with Crippen LogP contribution in [0.15, 0.2) is 42.9 Å². The molecule has 3 heterocycles. The Bertz CT molecular complexity index is 808. The molecule has 0 saturated heterocycles. The molecule has 0 aliphatic carbocycles. The van der Waals surface area contributed by atoms with Gasteiger partial charge < -0.3 is 10.1 Å². The maximum Gasteiger partial charge on any atom is 0.137 e. The monoisotopic (exact) mass is 296 g/mol. The zero-order valence-corrected chi connectivity index (χ0v) is 12.8. The molecule has 0 radical (unpaired) electrons. The van der Waals surface area contributed by atoms with Crippen molar-refractivity contribution in [3.8, 4) is 11.3 Å². The Hall–Kier alpha value is -2.27. The first kappa shape index (κ1) is 13.7. The van der Waals surface area contributed by atoms with Gasteiger partial charge in [0, 0.05) is 30.1 Å². The van der Waals surface area contributed by atoms with Gasteiger partial charge in [0.05, 0.1) is 16.4 Å².